The summed E-state index contributed by atoms with van der Waals surface area (Å²) < 4.78 is 34.6. The Balaban J connectivity index is 1.69. The largest absolute Gasteiger partial charge is 0.379 e. The van der Waals surface area contributed by atoms with E-state index in [-0.39, 0.29) is 16.8 Å². The molecular formula is C23H29N3O4S. The predicted octanol–water partition coefficient (Wildman–Crippen LogP) is 2.74. The normalized spacial score (nSPS) is 19.5. The predicted molar refractivity (Wildman–Crippen MR) is 117 cm³/mol. The van der Waals surface area contributed by atoms with E-state index in [1.165, 1.54) is 21.4 Å². The highest BCUT2D eigenvalue weighted by Crippen LogP contribution is 2.23. The van der Waals surface area contributed by atoms with Crippen molar-refractivity contribution in [1.82, 2.24) is 8.87 Å². The van der Waals surface area contributed by atoms with Gasteiger partial charge in [0.2, 0.25) is 10.0 Å². The minimum absolute atomic E-state index is 0.169. The standard InChI is InChI=1S/C23H29N3O4S/c1-18-10-11-19(17-21(18)31(28,29)25-13-15-30-16-14-25)23(27)26-12-6-5-9-22(26)24-20-7-3-2-4-8-20/h5-6,9-12,17,20H,2-4,7-8,13-16H2,1H3. The van der Waals surface area contributed by atoms with Crippen LogP contribution in [0.15, 0.2) is 52.5 Å². The average molecular weight is 444 g/mol. The van der Waals surface area contributed by atoms with Crippen LogP contribution in [0.1, 0.15) is 48.0 Å². The molecule has 1 aromatic heterocycles. The van der Waals surface area contributed by atoms with Gasteiger partial charge in [0.15, 0.2) is 0 Å². The lowest BCUT2D eigenvalue weighted by Crippen LogP contribution is -2.41. The molecule has 0 bridgehead atoms. The number of ether oxygens (including phenoxy) is 1. The van der Waals surface area contributed by atoms with Crippen molar-refractivity contribution < 1.29 is 17.9 Å². The zero-order valence-corrected chi connectivity index (χ0v) is 18.7. The monoisotopic (exact) mass is 443 g/mol. The molecule has 0 amide bonds. The molecule has 8 heteroatoms. The summed E-state index contributed by atoms with van der Waals surface area (Å²) >= 11 is 0. The number of pyridine rings is 1. The zero-order valence-electron chi connectivity index (χ0n) is 17.9. The quantitative estimate of drug-likeness (QED) is 0.728. The molecule has 7 nitrogen and oxygen atoms in total. The van der Waals surface area contributed by atoms with E-state index in [1.807, 2.05) is 12.1 Å². The van der Waals surface area contributed by atoms with Crippen molar-refractivity contribution in [1.29, 1.82) is 0 Å². The van der Waals surface area contributed by atoms with Crippen LogP contribution in [-0.2, 0) is 14.8 Å². The molecule has 1 aliphatic carbocycles. The molecule has 0 spiro atoms. The first-order chi connectivity index (χ1) is 15.0. The number of aryl methyl sites for hydroxylation is 1. The molecular weight excluding hydrogens is 414 g/mol. The lowest BCUT2D eigenvalue weighted by Gasteiger charge is -2.26. The van der Waals surface area contributed by atoms with Gasteiger partial charge in [-0.3, -0.25) is 14.4 Å². The lowest BCUT2D eigenvalue weighted by atomic mass is 9.96. The highest BCUT2D eigenvalue weighted by molar-refractivity contribution is 7.89. The van der Waals surface area contributed by atoms with Crippen molar-refractivity contribution >= 4 is 15.9 Å². The van der Waals surface area contributed by atoms with Gasteiger partial charge in [0.25, 0.3) is 5.91 Å². The summed E-state index contributed by atoms with van der Waals surface area (Å²) in [5.41, 5.74) is 1.56. The van der Waals surface area contributed by atoms with Crippen LogP contribution in [0, 0.1) is 6.92 Å². The fourth-order valence-corrected chi connectivity index (χ4v) is 5.84. The Morgan fingerprint density at radius 3 is 2.55 bits per heavy atom. The van der Waals surface area contributed by atoms with Crippen molar-refractivity contribution in [2.45, 2.75) is 50.0 Å². The number of hydrogen-bond acceptors (Lipinski definition) is 5. The number of hydrogen-bond donors (Lipinski definition) is 0. The Labute approximate surface area is 183 Å². The van der Waals surface area contributed by atoms with Gasteiger partial charge in [0.1, 0.15) is 5.49 Å². The Kier molecular flexibility index (Phi) is 6.69. The first-order valence-corrected chi connectivity index (χ1v) is 12.4. The zero-order chi connectivity index (χ0) is 21.8. The molecule has 1 aromatic carbocycles. The number of aromatic nitrogens is 1. The van der Waals surface area contributed by atoms with Crippen LogP contribution in [0.4, 0.5) is 0 Å². The van der Waals surface area contributed by atoms with Crippen molar-refractivity contribution in [3.05, 3.63) is 59.2 Å². The molecule has 0 unspecified atom stereocenters. The highest BCUT2D eigenvalue weighted by Gasteiger charge is 2.28. The molecule has 0 atom stereocenters. The van der Waals surface area contributed by atoms with Crippen molar-refractivity contribution in [3.8, 4) is 0 Å². The first kappa shape index (κ1) is 21.9. The number of rotatable bonds is 4. The van der Waals surface area contributed by atoms with Gasteiger partial charge in [-0.15, -0.1) is 0 Å². The molecule has 2 aromatic rings. The second-order valence-electron chi connectivity index (χ2n) is 8.15. The molecule has 166 valence electrons. The number of morpholine rings is 1. The minimum Gasteiger partial charge on any atom is -0.379 e. The minimum atomic E-state index is -3.70. The summed E-state index contributed by atoms with van der Waals surface area (Å²) in [7, 11) is -3.70. The maximum Gasteiger partial charge on any atom is 0.263 e. The number of sulfonamides is 1. The van der Waals surface area contributed by atoms with Crippen LogP contribution in [0.2, 0.25) is 0 Å². The lowest BCUT2D eigenvalue weighted by molar-refractivity contribution is 0.0730. The van der Waals surface area contributed by atoms with Gasteiger partial charge in [0.05, 0.1) is 24.2 Å². The van der Waals surface area contributed by atoms with E-state index in [4.69, 9.17) is 9.73 Å². The molecule has 1 saturated heterocycles. The number of nitrogens with zero attached hydrogens (tertiary/aromatic N) is 3. The third-order valence-electron chi connectivity index (χ3n) is 5.97. The summed E-state index contributed by atoms with van der Waals surface area (Å²) in [6, 6.07) is 10.6. The van der Waals surface area contributed by atoms with Crippen LogP contribution in [0.3, 0.4) is 0 Å². The Morgan fingerprint density at radius 2 is 1.81 bits per heavy atom. The van der Waals surface area contributed by atoms with Crippen LogP contribution < -0.4 is 5.49 Å². The molecule has 1 aliphatic heterocycles. The van der Waals surface area contributed by atoms with Crippen molar-refractivity contribution in [2.75, 3.05) is 26.3 Å². The summed E-state index contributed by atoms with van der Waals surface area (Å²) in [6.07, 6.45) is 7.33. The second kappa shape index (κ2) is 9.46. The molecule has 0 N–H and O–H groups in total. The second-order valence-corrected chi connectivity index (χ2v) is 10.1. The van der Waals surface area contributed by atoms with Crippen LogP contribution >= 0.6 is 0 Å². The number of benzene rings is 1. The third kappa shape index (κ3) is 4.81. The molecule has 0 radical (unpaired) electrons. The fourth-order valence-electron chi connectivity index (χ4n) is 4.18. The molecule has 2 aliphatic rings. The molecule has 2 heterocycles. The topological polar surface area (TPSA) is 81.0 Å². The van der Waals surface area contributed by atoms with E-state index in [1.54, 1.807) is 31.3 Å². The van der Waals surface area contributed by atoms with E-state index >= 15 is 0 Å². The number of carbonyl (C=O) groups excluding carboxylic acids is 1. The van der Waals surface area contributed by atoms with Gasteiger partial charge in [-0.25, -0.2) is 8.42 Å². The van der Waals surface area contributed by atoms with E-state index in [0.717, 1.165) is 25.7 Å². The average Bonchev–Trinajstić information content (AvgIpc) is 2.80. The summed E-state index contributed by atoms with van der Waals surface area (Å²) in [4.78, 5) is 18.3. The number of carbonyl (C=O) groups is 1. The summed E-state index contributed by atoms with van der Waals surface area (Å²) in [5.74, 6) is -0.284. The molecule has 4 rings (SSSR count). The van der Waals surface area contributed by atoms with Crippen molar-refractivity contribution in [2.24, 2.45) is 4.99 Å². The van der Waals surface area contributed by atoms with Gasteiger partial charge < -0.3 is 4.74 Å². The molecule has 1 saturated carbocycles. The maximum atomic E-state index is 13.4. The summed E-state index contributed by atoms with van der Waals surface area (Å²) in [5, 5.41) is 0. The molecule has 31 heavy (non-hydrogen) atoms. The van der Waals surface area contributed by atoms with E-state index in [9.17, 15) is 13.2 Å². The van der Waals surface area contributed by atoms with Crippen LogP contribution in [0.25, 0.3) is 0 Å². The van der Waals surface area contributed by atoms with Crippen LogP contribution in [-0.4, -0.2) is 55.5 Å². The smallest absolute Gasteiger partial charge is 0.263 e. The third-order valence-corrected chi connectivity index (χ3v) is 8.01. The Hall–Kier alpha value is -2.29. The van der Waals surface area contributed by atoms with Gasteiger partial charge in [-0.1, -0.05) is 31.4 Å². The van der Waals surface area contributed by atoms with Gasteiger partial charge in [-0.2, -0.15) is 4.31 Å². The van der Waals surface area contributed by atoms with Gasteiger partial charge >= 0.3 is 0 Å². The first-order valence-electron chi connectivity index (χ1n) is 10.9. The molecule has 2 fully saturated rings. The van der Waals surface area contributed by atoms with Crippen LogP contribution in [0.5, 0.6) is 0 Å². The summed E-state index contributed by atoms with van der Waals surface area (Å²) in [6.45, 7) is 3.14. The van der Waals surface area contributed by atoms with E-state index < -0.39 is 10.0 Å². The van der Waals surface area contributed by atoms with Gasteiger partial charge in [-0.05, 0) is 49.6 Å². The SMILES string of the molecule is Cc1ccc(C(=O)n2ccccc2=NC2CCCCC2)cc1S(=O)(=O)N1CCOCC1. The fraction of sp³-hybridized carbons (Fsp3) is 0.478. The maximum absolute atomic E-state index is 13.4. The Morgan fingerprint density at radius 1 is 1.06 bits per heavy atom. The highest BCUT2D eigenvalue weighted by atomic mass is 32.2. The van der Waals surface area contributed by atoms with E-state index in [2.05, 4.69) is 0 Å². The van der Waals surface area contributed by atoms with Crippen molar-refractivity contribution in [3.63, 3.8) is 0 Å². The van der Waals surface area contributed by atoms with Gasteiger partial charge in [0, 0.05) is 24.8 Å². The Bertz CT molecular complexity index is 1110. The van der Waals surface area contributed by atoms with E-state index in [0.29, 0.717) is 42.9 Å².